The molecule has 0 atom stereocenters. The van der Waals surface area contributed by atoms with E-state index in [1.807, 2.05) is 48.5 Å². The van der Waals surface area contributed by atoms with Gasteiger partial charge in [0.15, 0.2) is 0 Å². The summed E-state index contributed by atoms with van der Waals surface area (Å²) in [5.41, 5.74) is 3.71. The van der Waals surface area contributed by atoms with Gasteiger partial charge in [-0.3, -0.25) is 0 Å². The Bertz CT molecular complexity index is 894. The van der Waals surface area contributed by atoms with Crippen LogP contribution in [0.25, 0.3) is 33.2 Å². The number of para-hydroxylation sites is 2. The molecule has 1 heterocycles. The van der Waals surface area contributed by atoms with E-state index >= 15 is 0 Å². The Morgan fingerprint density at radius 2 is 1.68 bits per heavy atom. The third-order valence-corrected chi connectivity index (χ3v) is 3.40. The van der Waals surface area contributed by atoms with E-state index in [2.05, 4.69) is 15.1 Å². The molecule has 0 amide bonds. The maximum atomic E-state index is 11.1. The molecule has 2 aromatic carbocycles. The van der Waals surface area contributed by atoms with Crippen molar-refractivity contribution < 1.29 is 0 Å². The summed E-state index contributed by atoms with van der Waals surface area (Å²) in [6.45, 7) is 0. The maximum absolute atomic E-state index is 11.1. The zero-order chi connectivity index (χ0) is 12.8. The van der Waals surface area contributed by atoms with Crippen molar-refractivity contribution in [2.24, 2.45) is 5.18 Å². The first-order valence-electron chi connectivity index (χ1n) is 6.01. The van der Waals surface area contributed by atoms with Crippen LogP contribution in [0, 0.1) is 4.91 Å². The third-order valence-electron chi connectivity index (χ3n) is 3.40. The van der Waals surface area contributed by atoms with Crippen molar-refractivity contribution in [3.05, 3.63) is 53.4 Å². The minimum Gasteiger partial charge on any atom is -0.350 e. The molecule has 4 heteroatoms. The fraction of sp³-hybridized carbons (Fsp3) is 0. The molecule has 0 unspecified atom stereocenters. The minimum atomic E-state index is 0.434. The lowest BCUT2D eigenvalue weighted by Crippen LogP contribution is -1.89. The summed E-state index contributed by atoms with van der Waals surface area (Å²) in [5.74, 6) is 0. The second kappa shape index (κ2) is 3.62. The molecule has 0 fully saturated rings. The molecule has 90 valence electrons. The van der Waals surface area contributed by atoms with Crippen LogP contribution in [0.5, 0.6) is 0 Å². The number of aromatic amines is 1. The van der Waals surface area contributed by atoms with Crippen molar-refractivity contribution in [1.29, 1.82) is 0 Å². The van der Waals surface area contributed by atoms with Crippen LogP contribution in [-0.2, 0) is 0 Å². The summed E-state index contributed by atoms with van der Waals surface area (Å²) in [4.78, 5) is 19.0. The molecule has 1 N–H and O–H groups in total. The number of nitrogens with one attached hydrogen (secondary N) is 1. The topological polar surface area (TPSA) is 58.1 Å². The van der Waals surface area contributed by atoms with Crippen molar-refractivity contribution >= 4 is 27.5 Å². The molecule has 1 aliphatic heterocycles. The summed E-state index contributed by atoms with van der Waals surface area (Å²) >= 11 is 0. The van der Waals surface area contributed by atoms with Crippen LogP contribution >= 0.6 is 0 Å². The smallest absolute Gasteiger partial charge is 0.141 e. The largest absolute Gasteiger partial charge is 0.350 e. The Kier molecular flexibility index (Phi) is 1.94. The normalized spacial score (nSPS) is 11.4. The molecule has 2 aliphatic rings. The first kappa shape index (κ1) is 10.2. The summed E-state index contributed by atoms with van der Waals surface area (Å²) in [7, 11) is 0. The molecule has 4 nitrogen and oxygen atoms in total. The molecular weight excluding hydrogens is 238 g/mol. The Labute approximate surface area is 108 Å². The van der Waals surface area contributed by atoms with E-state index in [1.54, 1.807) is 0 Å². The van der Waals surface area contributed by atoms with Gasteiger partial charge in [-0.05, 0) is 17.3 Å². The van der Waals surface area contributed by atoms with Crippen LogP contribution in [0.15, 0.2) is 53.7 Å². The standard InChI is InChI=1S/C15H9N3O/c19-18-14-10-6-2-1-5-9(10)13-15(14)17-12-8-4-3-7-11(12)16-13/h1-8,17H. The lowest BCUT2D eigenvalue weighted by Gasteiger charge is -2.03. The highest BCUT2D eigenvalue weighted by Gasteiger charge is 2.20. The summed E-state index contributed by atoms with van der Waals surface area (Å²) in [6.07, 6.45) is 0. The lowest BCUT2D eigenvalue weighted by atomic mass is 10.2. The van der Waals surface area contributed by atoms with Gasteiger partial charge in [0.2, 0.25) is 0 Å². The molecule has 0 aromatic heterocycles. The number of hydrogen-bond donors (Lipinski definition) is 1. The van der Waals surface area contributed by atoms with Crippen LogP contribution in [0.4, 0.5) is 5.69 Å². The quantitative estimate of drug-likeness (QED) is 0.512. The van der Waals surface area contributed by atoms with Gasteiger partial charge in [0.1, 0.15) is 5.69 Å². The van der Waals surface area contributed by atoms with Gasteiger partial charge in [-0.25, -0.2) is 4.98 Å². The number of H-pyrrole nitrogens is 1. The number of rotatable bonds is 1. The molecule has 19 heavy (non-hydrogen) atoms. The first-order valence-corrected chi connectivity index (χ1v) is 6.01. The Morgan fingerprint density at radius 3 is 2.53 bits per heavy atom. The van der Waals surface area contributed by atoms with E-state index in [-0.39, 0.29) is 0 Å². The van der Waals surface area contributed by atoms with Gasteiger partial charge < -0.3 is 4.98 Å². The Morgan fingerprint density at radius 1 is 0.947 bits per heavy atom. The highest BCUT2D eigenvalue weighted by atomic mass is 16.3. The lowest BCUT2D eigenvalue weighted by molar-refractivity contribution is 1.30. The van der Waals surface area contributed by atoms with Crippen LogP contribution in [-0.4, -0.2) is 9.97 Å². The monoisotopic (exact) mass is 247 g/mol. The van der Waals surface area contributed by atoms with Gasteiger partial charge in [-0.1, -0.05) is 36.4 Å². The van der Waals surface area contributed by atoms with Crippen LogP contribution in [0.1, 0.15) is 0 Å². The van der Waals surface area contributed by atoms with E-state index < -0.39 is 0 Å². The molecule has 0 saturated heterocycles. The zero-order valence-electron chi connectivity index (χ0n) is 9.92. The number of nitroso groups, excluding NO2 is 1. The number of hydrogen-bond acceptors (Lipinski definition) is 3. The van der Waals surface area contributed by atoms with E-state index in [1.165, 1.54) is 0 Å². The third kappa shape index (κ3) is 1.31. The van der Waals surface area contributed by atoms with Crippen molar-refractivity contribution in [2.75, 3.05) is 0 Å². The highest BCUT2D eigenvalue weighted by molar-refractivity contribution is 6.11. The van der Waals surface area contributed by atoms with Crippen LogP contribution in [0.2, 0.25) is 0 Å². The van der Waals surface area contributed by atoms with Crippen molar-refractivity contribution in [2.45, 2.75) is 0 Å². The number of benzene rings is 2. The van der Waals surface area contributed by atoms with Gasteiger partial charge in [0.05, 0.1) is 22.4 Å². The molecule has 4 rings (SSSR count). The average Bonchev–Trinajstić information content (AvgIpc) is 2.78. The zero-order valence-corrected chi connectivity index (χ0v) is 9.92. The van der Waals surface area contributed by atoms with Gasteiger partial charge in [0, 0.05) is 10.8 Å². The van der Waals surface area contributed by atoms with Crippen molar-refractivity contribution in [3.8, 4) is 11.4 Å². The minimum absolute atomic E-state index is 0.434. The molecule has 2 aromatic rings. The summed E-state index contributed by atoms with van der Waals surface area (Å²) in [6, 6.07) is 15.5. The summed E-state index contributed by atoms with van der Waals surface area (Å²) in [5, 5.41) is 4.96. The predicted molar refractivity (Wildman–Crippen MR) is 75.7 cm³/mol. The SMILES string of the molecule is O=Nc1c2[nH]c3ccccc3nc-2c2ccccc12. The van der Waals surface area contributed by atoms with Gasteiger partial charge in [-0.15, -0.1) is 4.91 Å². The van der Waals surface area contributed by atoms with E-state index in [0.29, 0.717) is 11.4 Å². The van der Waals surface area contributed by atoms with E-state index in [0.717, 1.165) is 27.5 Å². The molecule has 0 spiro atoms. The fourth-order valence-corrected chi connectivity index (χ4v) is 2.54. The average molecular weight is 247 g/mol. The highest BCUT2D eigenvalue weighted by Crippen LogP contribution is 2.42. The van der Waals surface area contributed by atoms with Crippen molar-refractivity contribution in [3.63, 3.8) is 0 Å². The number of nitrogens with zero attached hydrogens (tertiary/aromatic N) is 2. The van der Waals surface area contributed by atoms with Crippen molar-refractivity contribution in [1.82, 2.24) is 9.97 Å². The first-order chi connectivity index (χ1) is 9.38. The molecule has 0 saturated carbocycles. The summed E-state index contributed by atoms with van der Waals surface area (Å²) < 4.78 is 0. The van der Waals surface area contributed by atoms with Gasteiger partial charge in [-0.2, -0.15) is 0 Å². The Balaban J connectivity index is 2.29. The van der Waals surface area contributed by atoms with Gasteiger partial charge >= 0.3 is 0 Å². The van der Waals surface area contributed by atoms with Crippen LogP contribution < -0.4 is 0 Å². The van der Waals surface area contributed by atoms with Gasteiger partial charge in [0.25, 0.3) is 0 Å². The van der Waals surface area contributed by atoms with E-state index in [4.69, 9.17) is 0 Å². The molecule has 1 aliphatic carbocycles. The number of aromatic nitrogens is 2. The fourth-order valence-electron chi connectivity index (χ4n) is 2.54. The van der Waals surface area contributed by atoms with Crippen LogP contribution in [0.3, 0.4) is 0 Å². The maximum Gasteiger partial charge on any atom is 0.141 e. The molecular formula is C15H9N3O. The second-order valence-corrected chi connectivity index (χ2v) is 4.46. The Hall–Kier alpha value is -2.75. The molecule has 0 radical (unpaired) electrons. The number of fused-ring (bicyclic) bond motifs is 4. The predicted octanol–water partition coefficient (Wildman–Crippen LogP) is 4.22. The van der Waals surface area contributed by atoms with E-state index in [9.17, 15) is 4.91 Å². The molecule has 0 bridgehead atoms. The second-order valence-electron chi connectivity index (χ2n) is 4.46.